The van der Waals surface area contributed by atoms with Crippen molar-refractivity contribution in [3.8, 4) is 169 Å². The number of nitrogens with zero attached hydrogens (tertiary/aromatic N) is 13. The van der Waals surface area contributed by atoms with Gasteiger partial charge < -0.3 is 0 Å². The van der Waals surface area contributed by atoms with Gasteiger partial charge in [-0.05, 0) is 187 Å². The molecule has 24 rings (SSSR count). The van der Waals surface area contributed by atoms with E-state index in [4.69, 9.17) is 44.9 Å². The lowest BCUT2D eigenvalue weighted by Gasteiger charge is -2.14. The van der Waals surface area contributed by atoms with Crippen molar-refractivity contribution in [1.82, 2.24) is 64.8 Å². The molecule has 13 nitrogen and oxygen atoms in total. The van der Waals surface area contributed by atoms with Gasteiger partial charge in [-0.15, -0.1) is 0 Å². The lowest BCUT2D eigenvalue weighted by atomic mass is 9.94. The second kappa shape index (κ2) is 36.1. The van der Waals surface area contributed by atoms with Crippen LogP contribution in [0.1, 0.15) is 0 Å². The zero-order valence-electron chi connectivity index (χ0n) is 71.3. The predicted octanol–water partition coefficient (Wildman–Crippen LogP) is 29.1. The second-order valence-electron chi connectivity index (χ2n) is 32.1. The third-order valence-electron chi connectivity index (χ3n) is 23.8. The van der Waals surface area contributed by atoms with Gasteiger partial charge in [0.25, 0.3) is 0 Å². The van der Waals surface area contributed by atoms with E-state index in [0.29, 0.717) is 17.5 Å². The van der Waals surface area contributed by atoms with Gasteiger partial charge in [-0.3, -0.25) is 19.9 Å². The van der Waals surface area contributed by atoms with E-state index in [1.165, 1.54) is 48.8 Å². The summed E-state index contributed by atoms with van der Waals surface area (Å²) in [5.41, 5.74) is 29.3. The molecular formula is C119H77N13. The summed E-state index contributed by atoms with van der Waals surface area (Å²) < 4.78 is 0. The van der Waals surface area contributed by atoms with E-state index >= 15 is 0 Å². The Kier molecular flexibility index (Phi) is 21.8. The van der Waals surface area contributed by atoms with Gasteiger partial charge in [0.15, 0.2) is 17.5 Å². The minimum Gasteiger partial charge on any atom is -0.265 e. The molecule has 132 heavy (non-hydrogen) atoms. The van der Waals surface area contributed by atoms with Gasteiger partial charge in [0.1, 0.15) is 0 Å². The molecule has 14 aromatic carbocycles. The first-order chi connectivity index (χ1) is 65.4. The maximum absolute atomic E-state index is 5.21. The fourth-order valence-corrected chi connectivity index (χ4v) is 17.4. The SMILES string of the molecule is c1ccc(-c2cc(-c3cccc(-c4cc(-c5ccccc5)c5c(ccc6ccccc65)n4)c3)nc(-c3ccccc3)n2)cc1.c1ccc(-c2cc(-c3cccc(-c4nc(-c5cccnc5)cc(-c5cccnc5)n4)c3)nc3ccc4ccccc4c23)cc1.c1ccc(-c2cc(-c3cccc(-c4nc(-c5ccncc5)cc(-c5ccncc5)n4)c3)nc3ccc4ccccc4c23)cc1. The van der Waals surface area contributed by atoms with Crippen LogP contribution in [0.25, 0.3) is 234 Å². The second-order valence-corrected chi connectivity index (χ2v) is 32.1. The molecule has 0 bridgehead atoms. The molecule has 0 saturated heterocycles. The molecule has 10 aromatic heterocycles. The lowest BCUT2D eigenvalue weighted by molar-refractivity contribution is 1.17. The summed E-state index contributed by atoms with van der Waals surface area (Å²) in [6.45, 7) is 0. The Labute approximate surface area is 761 Å². The van der Waals surface area contributed by atoms with Gasteiger partial charge in [0, 0.05) is 132 Å². The molecule has 0 amide bonds. The van der Waals surface area contributed by atoms with E-state index in [9.17, 15) is 0 Å². The number of benzene rings is 14. The Morgan fingerprint density at radius 2 is 0.386 bits per heavy atom. The summed E-state index contributed by atoms with van der Waals surface area (Å²) in [7, 11) is 0. The zero-order chi connectivity index (χ0) is 87.9. The first kappa shape index (κ1) is 79.8. The van der Waals surface area contributed by atoms with Crippen LogP contribution in [0.4, 0.5) is 0 Å². The van der Waals surface area contributed by atoms with E-state index in [0.717, 1.165) is 168 Å². The standard InChI is InChI=1S/C41H27N3.2C39H25N5/c1-4-13-28(14-5-1)35-26-37(42-36-24-23-29-15-10-11-22-34(29)40(35)36)32-20-12-21-33(25-32)39-27-38(30-16-6-2-7-17-30)43-41(44-39)31-18-8-3-9-19-31;1-2-9-26(10-3-1)33-22-35(42-34-18-17-27-11-4-5-16-32(27)38(33)34)28-12-6-13-29(21-28)39-43-36(30-14-7-19-40-24-30)23-37(44-39)31-15-8-20-41-25-31;1-2-7-26(8-3-1)33-24-35(42-34-14-13-27-9-4-5-12-32(27)38(33)34)30-10-6-11-31(23-30)39-43-36(28-15-19-40-20-16-28)25-37(44-39)29-17-21-41-22-18-29/h1-27H;2*1-25H. The summed E-state index contributed by atoms with van der Waals surface area (Å²) in [5.74, 6) is 1.97. The monoisotopic (exact) mass is 1690 g/mol. The molecule has 0 aliphatic rings. The first-order valence-electron chi connectivity index (χ1n) is 43.8. The Hall–Kier alpha value is -18.1. The highest BCUT2D eigenvalue weighted by atomic mass is 14.9. The third kappa shape index (κ3) is 16.6. The Balaban J connectivity index is 0.000000116. The number of rotatable bonds is 15. The van der Waals surface area contributed by atoms with Crippen molar-refractivity contribution in [2.45, 2.75) is 0 Å². The van der Waals surface area contributed by atoms with Gasteiger partial charge in [0.05, 0.1) is 67.8 Å². The highest BCUT2D eigenvalue weighted by Crippen LogP contribution is 2.43. The zero-order valence-corrected chi connectivity index (χ0v) is 71.3. The molecule has 0 unspecified atom stereocenters. The van der Waals surface area contributed by atoms with Crippen LogP contribution in [0.15, 0.2) is 468 Å². The van der Waals surface area contributed by atoms with Crippen LogP contribution in [0, 0.1) is 0 Å². The highest BCUT2D eigenvalue weighted by Gasteiger charge is 2.22. The quantitative estimate of drug-likeness (QED) is 0.0890. The molecule has 0 radical (unpaired) electrons. The van der Waals surface area contributed by atoms with Crippen molar-refractivity contribution >= 4 is 65.0 Å². The molecule has 0 aliphatic heterocycles. The summed E-state index contributed by atoms with van der Waals surface area (Å²) in [6, 6.07) is 144. The number of hydrogen-bond acceptors (Lipinski definition) is 13. The maximum Gasteiger partial charge on any atom is 0.160 e. The molecule has 0 fully saturated rings. The van der Waals surface area contributed by atoms with Crippen LogP contribution >= 0.6 is 0 Å². The fraction of sp³-hybridized carbons (Fsp3) is 0. The van der Waals surface area contributed by atoms with Crippen LogP contribution in [0.5, 0.6) is 0 Å². The molecule has 0 aliphatic carbocycles. The Morgan fingerprint density at radius 1 is 0.136 bits per heavy atom. The van der Waals surface area contributed by atoms with Crippen molar-refractivity contribution in [3.05, 3.63) is 468 Å². The van der Waals surface area contributed by atoms with Crippen LogP contribution in [0.2, 0.25) is 0 Å². The molecule has 24 aromatic rings. The average Bonchev–Trinajstić information content (AvgIpc) is 0.756. The van der Waals surface area contributed by atoms with Gasteiger partial charge >= 0.3 is 0 Å². The third-order valence-corrected chi connectivity index (χ3v) is 23.8. The number of pyridine rings is 7. The minimum absolute atomic E-state index is 0.627. The number of aromatic nitrogens is 13. The summed E-state index contributed by atoms with van der Waals surface area (Å²) >= 11 is 0. The highest BCUT2D eigenvalue weighted by molar-refractivity contribution is 6.16. The van der Waals surface area contributed by atoms with E-state index in [2.05, 4.69) is 323 Å². The van der Waals surface area contributed by atoms with Crippen molar-refractivity contribution in [2.75, 3.05) is 0 Å². The summed E-state index contributed by atoms with van der Waals surface area (Å²) in [4.78, 5) is 62.6. The molecule has 618 valence electrons. The van der Waals surface area contributed by atoms with Gasteiger partial charge in [-0.1, -0.05) is 297 Å². The normalized spacial score (nSPS) is 11.2. The Morgan fingerprint density at radius 3 is 0.720 bits per heavy atom. The first-order valence-corrected chi connectivity index (χ1v) is 43.8. The lowest BCUT2D eigenvalue weighted by Crippen LogP contribution is -1.97. The van der Waals surface area contributed by atoms with Crippen molar-refractivity contribution in [2.24, 2.45) is 0 Å². The van der Waals surface area contributed by atoms with E-state index in [1.807, 2.05) is 128 Å². The van der Waals surface area contributed by atoms with Crippen molar-refractivity contribution in [1.29, 1.82) is 0 Å². The van der Waals surface area contributed by atoms with E-state index < -0.39 is 0 Å². The maximum atomic E-state index is 5.21. The largest absolute Gasteiger partial charge is 0.265 e. The average molecular weight is 1690 g/mol. The Bertz CT molecular complexity index is 7400. The summed E-state index contributed by atoms with van der Waals surface area (Å²) in [5, 5.41) is 10.7. The molecule has 13 heteroatoms. The molecule has 10 heterocycles. The van der Waals surface area contributed by atoms with Gasteiger partial charge in [-0.2, -0.15) is 0 Å². The van der Waals surface area contributed by atoms with Crippen LogP contribution in [0.3, 0.4) is 0 Å². The van der Waals surface area contributed by atoms with Crippen LogP contribution in [-0.4, -0.2) is 64.8 Å². The molecule has 0 N–H and O–H groups in total. The van der Waals surface area contributed by atoms with E-state index in [-0.39, 0.29) is 0 Å². The number of hydrogen-bond donors (Lipinski definition) is 0. The van der Waals surface area contributed by atoms with Crippen LogP contribution < -0.4 is 0 Å². The topological polar surface area (TPSA) is 168 Å². The smallest absolute Gasteiger partial charge is 0.160 e. The fourth-order valence-electron chi connectivity index (χ4n) is 17.4. The van der Waals surface area contributed by atoms with Gasteiger partial charge in [0.2, 0.25) is 0 Å². The van der Waals surface area contributed by atoms with Crippen molar-refractivity contribution < 1.29 is 0 Å². The predicted molar refractivity (Wildman–Crippen MR) is 537 cm³/mol. The van der Waals surface area contributed by atoms with Crippen LogP contribution in [-0.2, 0) is 0 Å². The molecule has 0 saturated carbocycles. The van der Waals surface area contributed by atoms with E-state index in [1.54, 1.807) is 37.2 Å². The molecule has 0 spiro atoms. The number of fused-ring (bicyclic) bond motifs is 9. The minimum atomic E-state index is 0.627. The molecular weight excluding hydrogens is 1610 g/mol. The molecule has 0 atom stereocenters. The summed E-state index contributed by atoms with van der Waals surface area (Å²) in [6.07, 6.45) is 14.3. The van der Waals surface area contributed by atoms with Gasteiger partial charge in [-0.25, -0.2) is 44.9 Å². The van der Waals surface area contributed by atoms with Crippen molar-refractivity contribution in [3.63, 3.8) is 0 Å².